The van der Waals surface area contributed by atoms with Crippen molar-refractivity contribution in [3.8, 4) is 11.3 Å². The fourth-order valence-electron chi connectivity index (χ4n) is 3.70. The van der Waals surface area contributed by atoms with Gasteiger partial charge in [0.2, 0.25) is 0 Å². The lowest BCUT2D eigenvalue weighted by atomic mass is 9.98. The Hall–Kier alpha value is -2.89. The first-order valence-electron chi connectivity index (χ1n) is 9.44. The van der Waals surface area contributed by atoms with Gasteiger partial charge in [-0.1, -0.05) is 0 Å². The molecule has 1 amide bonds. The molecule has 0 aliphatic heterocycles. The average molecular weight is 364 g/mol. The van der Waals surface area contributed by atoms with Gasteiger partial charge in [0.25, 0.3) is 0 Å². The molecule has 0 aromatic carbocycles. The summed E-state index contributed by atoms with van der Waals surface area (Å²) in [6.07, 6.45) is 7.94. The molecule has 3 heterocycles. The zero-order chi connectivity index (χ0) is 18.8. The SMILES string of the molecule is CC(C)NC(=O)O[C@@H]1CC[C@H](c2cnc3[nH]c(-c4cccnc4)cc3c2)C1. The number of carbonyl (C=O) groups is 1. The van der Waals surface area contributed by atoms with Crippen molar-refractivity contribution in [2.45, 2.75) is 51.2 Å². The Kier molecular flexibility index (Phi) is 4.79. The molecular formula is C21H24N4O2. The second kappa shape index (κ2) is 7.39. The Morgan fingerprint density at radius 3 is 2.96 bits per heavy atom. The van der Waals surface area contributed by atoms with Gasteiger partial charge >= 0.3 is 6.09 Å². The van der Waals surface area contributed by atoms with E-state index >= 15 is 0 Å². The quantitative estimate of drug-likeness (QED) is 0.719. The van der Waals surface area contributed by atoms with Crippen LogP contribution in [0.15, 0.2) is 42.9 Å². The molecule has 1 aliphatic carbocycles. The lowest BCUT2D eigenvalue weighted by Crippen LogP contribution is -2.33. The van der Waals surface area contributed by atoms with E-state index in [0.29, 0.717) is 5.92 Å². The van der Waals surface area contributed by atoms with Gasteiger partial charge in [-0.3, -0.25) is 4.98 Å². The molecule has 6 nitrogen and oxygen atoms in total. The number of ether oxygens (including phenoxy) is 1. The molecule has 0 unspecified atom stereocenters. The smallest absolute Gasteiger partial charge is 0.407 e. The third-order valence-corrected chi connectivity index (χ3v) is 5.00. The van der Waals surface area contributed by atoms with Gasteiger partial charge in [-0.25, -0.2) is 9.78 Å². The second-order valence-corrected chi connectivity index (χ2v) is 7.47. The summed E-state index contributed by atoms with van der Waals surface area (Å²) in [7, 11) is 0. The highest BCUT2D eigenvalue weighted by molar-refractivity contribution is 5.83. The highest BCUT2D eigenvalue weighted by atomic mass is 16.6. The number of hydrogen-bond donors (Lipinski definition) is 2. The van der Waals surface area contributed by atoms with Crippen LogP contribution < -0.4 is 5.32 Å². The zero-order valence-corrected chi connectivity index (χ0v) is 15.6. The molecule has 2 atom stereocenters. The number of hydrogen-bond acceptors (Lipinski definition) is 4. The monoisotopic (exact) mass is 364 g/mol. The Balaban J connectivity index is 1.47. The van der Waals surface area contributed by atoms with Crippen LogP contribution in [0.2, 0.25) is 0 Å². The predicted molar refractivity (Wildman–Crippen MR) is 104 cm³/mol. The van der Waals surface area contributed by atoms with Gasteiger partial charge in [-0.15, -0.1) is 0 Å². The number of pyridine rings is 2. The highest BCUT2D eigenvalue weighted by Crippen LogP contribution is 2.37. The number of nitrogens with one attached hydrogen (secondary N) is 2. The van der Waals surface area contributed by atoms with Crippen molar-refractivity contribution < 1.29 is 9.53 Å². The minimum Gasteiger partial charge on any atom is -0.446 e. The number of carbonyl (C=O) groups excluding carboxylic acids is 1. The molecule has 27 heavy (non-hydrogen) atoms. The molecule has 1 fully saturated rings. The number of aromatic nitrogens is 3. The largest absolute Gasteiger partial charge is 0.446 e. The number of fused-ring (bicyclic) bond motifs is 1. The summed E-state index contributed by atoms with van der Waals surface area (Å²) in [4.78, 5) is 23.9. The molecule has 1 aliphatic rings. The molecule has 4 rings (SSSR count). The molecule has 2 N–H and O–H groups in total. The van der Waals surface area contributed by atoms with Crippen molar-refractivity contribution in [2.75, 3.05) is 0 Å². The first-order chi connectivity index (χ1) is 13.1. The molecule has 1 saturated carbocycles. The van der Waals surface area contributed by atoms with Crippen molar-refractivity contribution >= 4 is 17.1 Å². The number of nitrogens with zero attached hydrogens (tertiary/aromatic N) is 2. The molecule has 0 radical (unpaired) electrons. The Bertz CT molecular complexity index is 936. The fourth-order valence-corrected chi connectivity index (χ4v) is 3.70. The topological polar surface area (TPSA) is 79.9 Å². The Labute approximate surface area is 158 Å². The summed E-state index contributed by atoms with van der Waals surface area (Å²) >= 11 is 0. The lowest BCUT2D eigenvalue weighted by molar-refractivity contribution is 0.0982. The van der Waals surface area contributed by atoms with Crippen molar-refractivity contribution in [1.82, 2.24) is 20.3 Å². The molecular weight excluding hydrogens is 340 g/mol. The van der Waals surface area contributed by atoms with E-state index in [1.807, 2.05) is 38.4 Å². The van der Waals surface area contributed by atoms with E-state index in [1.54, 1.807) is 6.20 Å². The summed E-state index contributed by atoms with van der Waals surface area (Å²) in [5.41, 5.74) is 4.14. The van der Waals surface area contributed by atoms with E-state index in [1.165, 1.54) is 5.56 Å². The maximum atomic E-state index is 11.8. The first kappa shape index (κ1) is 17.5. The standard InChI is InChI=1S/C21H24N4O2/c1-13(2)24-21(26)27-18-6-5-14(9-18)17-8-16-10-19(25-20(16)23-12-17)15-4-3-7-22-11-15/h3-4,7-8,10-14,18H,5-6,9H2,1-2H3,(H,23,25)(H,24,26)/t14-,18+/m0/s1. The molecule has 0 spiro atoms. The van der Waals surface area contributed by atoms with Crippen molar-refractivity contribution in [2.24, 2.45) is 0 Å². The third kappa shape index (κ3) is 3.94. The van der Waals surface area contributed by atoms with E-state index in [9.17, 15) is 4.79 Å². The molecule has 6 heteroatoms. The van der Waals surface area contributed by atoms with Crippen LogP contribution >= 0.6 is 0 Å². The van der Waals surface area contributed by atoms with E-state index < -0.39 is 0 Å². The molecule has 0 bridgehead atoms. The van der Waals surface area contributed by atoms with Gasteiger partial charge in [0.15, 0.2) is 0 Å². The van der Waals surface area contributed by atoms with E-state index in [0.717, 1.165) is 41.6 Å². The predicted octanol–water partition coefficient (Wildman–Crippen LogP) is 4.40. The number of alkyl carbamates (subject to hydrolysis) is 1. The minimum atomic E-state index is -0.323. The summed E-state index contributed by atoms with van der Waals surface area (Å²) in [5, 5.41) is 3.87. The number of H-pyrrole nitrogens is 1. The summed E-state index contributed by atoms with van der Waals surface area (Å²) < 4.78 is 5.54. The van der Waals surface area contributed by atoms with E-state index in [4.69, 9.17) is 4.74 Å². The number of amides is 1. The molecule has 3 aromatic heterocycles. The van der Waals surface area contributed by atoms with Crippen LogP contribution in [0.5, 0.6) is 0 Å². The van der Waals surface area contributed by atoms with Gasteiger partial charge in [0, 0.05) is 41.3 Å². The number of aromatic amines is 1. The highest BCUT2D eigenvalue weighted by Gasteiger charge is 2.29. The van der Waals surface area contributed by atoms with Crippen LogP contribution in [0.4, 0.5) is 4.79 Å². The van der Waals surface area contributed by atoms with Crippen molar-refractivity contribution in [3.05, 3.63) is 48.4 Å². The van der Waals surface area contributed by atoms with Crippen LogP contribution in [-0.4, -0.2) is 33.2 Å². The minimum absolute atomic E-state index is 0.0263. The molecule has 140 valence electrons. The van der Waals surface area contributed by atoms with Crippen LogP contribution in [0.3, 0.4) is 0 Å². The maximum absolute atomic E-state index is 11.8. The van der Waals surface area contributed by atoms with Crippen molar-refractivity contribution in [3.63, 3.8) is 0 Å². The van der Waals surface area contributed by atoms with Gasteiger partial charge in [-0.2, -0.15) is 0 Å². The van der Waals surface area contributed by atoms with Crippen LogP contribution in [0.25, 0.3) is 22.3 Å². The fraction of sp³-hybridized carbons (Fsp3) is 0.381. The van der Waals surface area contributed by atoms with Gasteiger partial charge in [0.1, 0.15) is 11.8 Å². The van der Waals surface area contributed by atoms with Gasteiger partial charge in [0.05, 0.1) is 0 Å². The van der Waals surface area contributed by atoms with Crippen LogP contribution in [-0.2, 0) is 4.74 Å². The average Bonchev–Trinajstić information content (AvgIpc) is 3.27. The summed E-state index contributed by atoms with van der Waals surface area (Å²) in [6.45, 7) is 3.85. The molecule has 0 saturated heterocycles. The van der Waals surface area contributed by atoms with E-state index in [-0.39, 0.29) is 18.2 Å². The Morgan fingerprint density at radius 2 is 2.19 bits per heavy atom. The van der Waals surface area contributed by atoms with Gasteiger partial charge in [-0.05, 0) is 68.9 Å². The maximum Gasteiger partial charge on any atom is 0.407 e. The summed E-state index contributed by atoms with van der Waals surface area (Å²) in [5.74, 6) is 0.371. The van der Waals surface area contributed by atoms with Crippen molar-refractivity contribution in [1.29, 1.82) is 0 Å². The van der Waals surface area contributed by atoms with Crippen LogP contribution in [0, 0.1) is 0 Å². The van der Waals surface area contributed by atoms with E-state index in [2.05, 4.69) is 32.4 Å². The van der Waals surface area contributed by atoms with Gasteiger partial charge < -0.3 is 15.0 Å². The Morgan fingerprint density at radius 1 is 1.30 bits per heavy atom. The zero-order valence-electron chi connectivity index (χ0n) is 15.6. The lowest BCUT2D eigenvalue weighted by Gasteiger charge is -2.15. The third-order valence-electron chi connectivity index (χ3n) is 5.00. The number of rotatable bonds is 4. The normalized spacial score (nSPS) is 19.5. The van der Waals surface area contributed by atoms with Crippen LogP contribution in [0.1, 0.15) is 44.6 Å². The second-order valence-electron chi connectivity index (χ2n) is 7.47. The summed E-state index contributed by atoms with van der Waals surface area (Å²) in [6, 6.07) is 8.35. The first-order valence-corrected chi connectivity index (χ1v) is 9.44. The molecule has 3 aromatic rings.